The Morgan fingerprint density at radius 3 is 2.80 bits per heavy atom. The minimum absolute atomic E-state index is 0.624. The molecule has 0 saturated heterocycles. The van der Waals surface area contributed by atoms with Crippen molar-refractivity contribution in [1.29, 1.82) is 0 Å². The number of anilines is 1. The molecule has 0 spiro atoms. The Bertz CT molecular complexity index is 369. The average Bonchev–Trinajstić information content (AvgIpc) is 2.99. The Morgan fingerprint density at radius 1 is 1.20 bits per heavy atom. The van der Waals surface area contributed by atoms with Gasteiger partial charge in [-0.15, -0.1) is 0 Å². The summed E-state index contributed by atoms with van der Waals surface area (Å²) in [6, 6.07) is 8.20. The summed E-state index contributed by atoms with van der Waals surface area (Å²) in [6.07, 6.45) is 5.26. The highest BCUT2D eigenvalue weighted by Crippen LogP contribution is 2.35. The largest absolute Gasteiger partial charge is 0.388 e. The van der Waals surface area contributed by atoms with E-state index in [1.165, 1.54) is 42.5 Å². The van der Waals surface area contributed by atoms with Crippen molar-refractivity contribution in [3.8, 4) is 0 Å². The molecule has 2 heteroatoms. The van der Waals surface area contributed by atoms with Gasteiger partial charge in [0.05, 0.1) is 0 Å². The summed E-state index contributed by atoms with van der Waals surface area (Å²) in [7, 11) is 1.98. The molecule has 3 rings (SSSR count). The number of fused-ring (bicyclic) bond motifs is 1. The van der Waals surface area contributed by atoms with Crippen LogP contribution in [0.1, 0.15) is 36.4 Å². The third-order valence-electron chi connectivity index (χ3n) is 3.52. The van der Waals surface area contributed by atoms with E-state index in [-0.39, 0.29) is 0 Å². The summed E-state index contributed by atoms with van der Waals surface area (Å²) < 4.78 is 0. The Labute approximate surface area is 91.1 Å². The lowest BCUT2D eigenvalue weighted by atomic mass is 10.1. The molecule has 0 aliphatic heterocycles. The number of rotatable bonds is 3. The second kappa shape index (κ2) is 3.53. The molecule has 0 heterocycles. The number of benzene rings is 1. The fraction of sp³-hybridized carbons (Fsp3) is 0.538. The maximum absolute atomic E-state index is 3.73. The van der Waals surface area contributed by atoms with Crippen LogP contribution in [0.25, 0.3) is 0 Å². The molecular formula is C13H18N2. The summed E-state index contributed by atoms with van der Waals surface area (Å²) in [4.78, 5) is 0. The molecule has 2 N–H and O–H groups in total. The van der Waals surface area contributed by atoms with Gasteiger partial charge in [0, 0.05) is 24.8 Å². The summed E-state index contributed by atoms with van der Waals surface area (Å²) in [5, 5.41) is 6.93. The molecule has 15 heavy (non-hydrogen) atoms. The van der Waals surface area contributed by atoms with E-state index in [0.29, 0.717) is 6.04 Å². The molecule has 0 radical (unpaired) electrons. The van der Waals surface area contributed by atoms with Gasteiger partial charge in [0.15, 0.2) is 0 Å². The minimum atomic E-state index is 0.624. The molecule has 1 aromatic rings. The highest BCUT2D eigenvalue weighted by molar-refractivity contribution is 5.50. The fourth-order valence-electron chi connectivity index (χ4n) is 2.48. The van der Waals surface area contributed by atoms with E-state index in [4.69, 9.17) is 0 Å². The predicted molar refractivity (Wildman–Crippen MR) is 63.2 cm³/mol. The van der Waals surface area contributed by atoms with Crippen molar-refractivity contribution < 1.29 is 0 Å². The highest BCUT2D eigenvalue weighted by atomic mass is 15.0. The van der Waals surface area contributed by atoms with Crippen LogP contribution in [0.5, 0.6) is 0 Å². The zero-order chi connectivity index (χ0) is 10.3. The van der Waals surface area contributed by atoms with E-state index in [1.54, 1.807) is 0 Å². The van der Waals surface area contributed by atoms with Crippen LogP contribution in [0.15, 0.2) is 18.2 Å². The molecule has 0 aromatic heterocycles. The molecule has 1 atom stereocenters. The summed E-state index contributed by atoms with van der Waals surface area (Å²) in [6.45, 7) is 0. The van der Waals surface area contributed by atoms with E-state index >= 15 is 0 Å². The van der Waals surface area contributed by atoms with E-state index < -0.39 is 0 Å². The molecular weight excluding hydrogens is 184 g/mol. The molecule has 0 amide bonds. The fourth-order valence-corrected chi connectivity index (χ4v) is 2.48. The Balaban J connectivity index is 1.83. The van der Waals surface area contributed by atoms with Crippen LogP contribution in [0.4, 0.5) is 5.69 Å². The number of hydrogen-bond donors (Lipinski definition) is 2. The Kier molecular flexibility index (Phi) is 2.17. The second-order valence-electron chi connectivity index (χ2n) is 4.70. The normalized spacial score (nSPS) is 23.9. The number of aryl methyl sites for hydroxylation is 1. The van der Waals surface area contributed by atoms with Gasteiger partial charge in [-0.2, -0.15) is 0 Å². The summed E-state index contributed by atoms with van der Waals surface area (Å²) >= 11 is 0. The first kappa shape index (κ1) is 9.22. The van der Waals surface area contributed by atoms with Gasteiger partial charge in [-0.3, -0.25) is 0 Å². The van der Waals surface area contributed by atoms with Gasteiger partial charge in [0.1, 0.15) is 0 Å². The third kappa shape index (κ3) is 1.74. The maximum atomic E-state index is 3.73. The van der Waals surface area contributed by atoms with Crippen molar-refractivity contribution in [3.63, 3.8) is 0 Å². The van der Waals surface area contributed by atoms with Crippen molar-refractivity contribution in [2.75, 3.05) is 12.4 Å². The van der Waals surface area contributed by atoms with Gasteiger partial charge in [0.2, 0.25) is 0 Å². The van der Waals surface area contributed by atoms with Gasteiger partial charge in [-0.25, -0.2) is 0 Å². The molecule has 2 aliphatic carbocycles. The monoisotopic (exact) mass is 202 g/mol. The zero-order valence-electron chi connectivity index (χ0n) is 9.22. The van der Waals surface area contributed by atoms with Crippen LogP contribution in [0.2, 0.25) is 0 Å². The molecule has 80 valence electrons. The van der Waals surface area contributed by atoms with Gasteiger partial charge >= 0.3 is 0 Å². The quantitative estimate of drug-likeness (QED) is 0.786. The first-order chi connectivity index (χ1) is 7.36. The van der Waals surface area contributed by atoms with Gasteiger partial charge in [0.25, 0.3) is 0 Å². The number of hydrogen-bond acceptors (Lipinski definition) is 2. The molecule has 0 bridgehead atoms. The van der Waals surface area contributed by atoms with Crippen molar-refractivity contribution in [2.24, 2.45) is 0 Å². The molecule has 2 nitrogen and oxygen atoms in total. The maximum Gasteiger partial charge on any atom is 0.0340 e. The topological polar surface area (TPSA) is 24.1 Å². The molecule has 1 fully saturated rings. The van der Waals surface area contributed by atoms with Gasteiger partial charge in [-0.1, -0.05) is 6.07 Å². The van der Waals surface area contributed by atoms with Crippen LogP contribution in [-0.4, -0.2) is 13.1 Å². The van der Waals surface area contributed by atoms with Crippen molar-refractivity contribution in [3.05, 3.63) is 29.3 Å². The van der Waals surface area contributed by atoms with Crippen LogP contribution in [-0.2, 0) is 6.42 Å². The molecule has 1 unspecified atom stereocenters. The Hall–Kier alpha value is -1.02. The SMILES string of the molecule is CNc1ccc2c(c1)CCC2NC1CC1. The second-order valence-corrected chi connectivity index (χ2v) is 4.70. The van der Waals surface area contributed by atoms with Crippen molar-refractivity contribution in [2.45, 2.75) is 37.8 Å². The predicted octanol–water partition coefficient (Wildman–Crippen LogP) is 2.47. The average molecular weight is 202 g/mol. The van der Waals surface area contributed by atoms with E-state index in [2.05, 4.69) is 28.8 Å². The first-order valence-electron chi connectivity index (χ1n) is 5.93. The molecule has 1 aromatic carbocycles. The lowest BCUT2D eigenvalue weighted by Gasteiger charge is -2.13. The number of nitrogens with one attached hydrogen (secondary N) is 2. The zero-order valence-corrected chi connectivity index (χ0v) is 9.22. The molecule has 2 aliphatic rings. The van der Waals surface area contributed by atoms with Crippen LogP contribution >= 0.6 is 0 Å². The van der Waals surface area contributed by atoms with Crippen LogP contribution in [0.3, 0.4) is 0 Å². The first-order valence-corrected chi connectivity index (χ1v) is 5.93. The van der Waals surface area contributed by atoms with E-state index in [9.17, 15) is 0 Å². The Morgan fingerprint density at radius 2 is 2.07 bits per heavy atom. The lowest BCUT2D eigenvalue weighted by molar-refractivity contribution is 0.527. The highest BCUT2D eigenvalue weighted by Gasteiger charge is 2.29. The standard InChI is InChI=1S/C13H18N2/c1-14-11-5-6-12-9(8-11)2-7-13(12)15-10-3-4-10/h5-6,8,10,13-15H,2-4,7H2,1H3. The smallest absolute Gasteiger partial charge is 0.0340 e. The van der Waals surface area contributed by atoms with Crippen molar-refractivity contribution >= 4 is 5.69 Å². The van der Waals surface area contributed by atoms with E-state index in [0.717, 1.165) is 6.04 Å². The van der Waals surface area contributed by atoms with Crippen LogP contribution in [0, 0.1) is 0 Å². The summed E-state index contributed by atoms with van der Waals surface area (Å²) in [5.41, 5.74) is 4.29. The van der Waals surface area contributed by atoms with Crippen molar-refractivity contribution in [1.82, 2.24) is 5.32 Å². The third-order valence-corrected chi connectivity index (χ3v) is 3.52. The summed E-state index contributed by atoms with van der Waals surface area (Å²) in [5.74, 6) is 0. The lowest BCUT2D eigenvalue weighted by Crippen LogP contribution is -2.21. The minimum Gasteiger partial charge on any atom is -0.388 e. The van der Waals surface area contributed by atoms with E-state index in [1.807, 2.05) is 7.05 Å². The molecule has 1 saturated carbocycles. The van der Waals surface area contributed by atoms with Gasteiger partial charge in [-0.05, 0) is 48.9 Å². The van der Waals surface area contributed by atoms with Gasteiger partial charge < -0.3 is 10.6 Å². The van der Waals surface area contributed by atoms with Crippen LogP contribution < -0.4 is 10.6 Å².